The molecule has 0 aliphatic carbocycles. The van der Waals surface area contributed by atoms with Crippen molar-refractivity contribution < 1.29 is 9.90 Å². The van der Waals surface area contributed by atoms with Gasteiger partial charge in [-0.2, -0.15) is 0 Å². The molecule has 0 spiro atoms. The number of carbonyl (C=O) groups excluding carboxylic acids is 1. The van der Waals surface area contributed by atoms with Crippen LogP contribution in [0, 0.1) is 0 Å². The molecule has 2 rings (SSSR count). The minimum absolute atomic E-state index is 0.0740. The van der Waals surface area contributed by atoms with Crippen LogP contribution in [0.2, 0.25) is 0 Å². The van der Waals surface area contributed by atoms with Gasteiger partial charge < -0.3 is 10.0 Å². The number of hydrogen-bond acceptors (Lipinski definition) is 3. The zero-order chi connectivity index (χ0) is 14.5. The van der Waals surface area contributed by atoms with E-state index in [1.807, 2.05) is 18.2 Å². The molecule has 2 aromatic rings. The zero-order valence-electron chi connectivity index (χ0n) is 11.0. The van der Waals surface area contributed by atoms with Crippen molar-refractivity contribution in [2.45, 2.75) is 18.3 Å². The number of alkyl halides is 1. The van der Waals surface area contributed by atoms with Crippen LogP contribution in [-0.4, -0.2) is 20.8 Å². The van der Waals surface area contributed by atoms with Gasteiger partial charge in [0.2, 0.25) is 5.91 Å². The fourth-order valence-electron chi connectivity index (χ4n) is 1.84. The monoisotopic (exact) mass is 334 g/mol. The SMILES string of the molecule is CC(Br)C(=O)N(Cc1ccccn1)c1ccccc1O. The largest absolute Gasteiger partial charge is 0.506 e. The summed E-state index contributed by atoms with van der Waals surface area (Å²) in [4.78, 5) is 17.7. The summed E-state index contributed by atoms with van der Waals surface area (Å²) >= 11 is 3.28. The van der Waals surface area contributed by atoms with Gasteiger partial charge in [0.25, 0.3) is 0 Å². The number of anilines is 1. The first-order valence-electron chi connectivity index (χ1n) is 6.23. The Kier molecular flexibility index (Phi) is 4.74. The van der Waals surface area contributed by atoms with Crippen molar-refractivity contribution in [2.75, 3.05) is 4.90 Å². The molecule has 0 saturated carbocycles. The van der Waals surface area contributed by atoms with E-state index in [9.17, 15) is 9.90 Å². The van der Waals surface area contributed by atoms with Gasteiger partial charge in [0.1, 0.15) is 5.75 Å². The van der Waals surface area contributed by atoms with Crippen LogP contribution in [0.25, 0.3) is 0 Å². The second-order valence-corrected chi connectivity index (χ2v) is 5.72. The van der Waals surface area contributed by atoms with Crippen LogP contribution >= 0.6 is 15.9 Å². The smallest absolute Gasteiger partial charge is 0.240 e. The molecule has 4 nitrogen and oxygen atoms in total. The number of phenolic OH excluding ortho intramolecular Hbond substituents is 1. The van der Waals surface area contributed by atoms with Gasteiger partial charge in [0.15, 0.2) is 0 Å². The van der Waals surface area contributed by atoms with Crippen molar-refractivity contribution in [2.24, 2.45) is 0 Å². The molecule has 1 aromatic carbocycles. The van der Waals surface area contributed by atoms with E-state index in [-0.39, 0.29) is 16.5 Å². The molecule has 0 aliphatic rings. The third kappa shape index (κ3) is 3.36. The number of rotatable bonds is 4. The Morgan fingerprint density at radius 3 is 2.60 bits per heavy atom. The van der Waals surface area contributed by atoms with Crippen LogP contribution in [-0.2, 0) is 11.3 Å². The normalized spacial score (nSPS) is 11.9. The van der Waals surface area contributed by atoms with Gasteiger partial charge in [-0.25, -0.2) is 0 Å². The molecule has 0 fully saturated rings. The highest BCUT2D eigenvalue weighted by atomic mass is 79.9. The van der Waals surface area contributed by atoms with Crippen LogP contribution in [0.3, 0.4) is 0 Å². The third-order valence-corrected chi connectivity index (χ3v) is 3.22. The summed E-state index contributed by atoms with van der Waals surface area (Å²) in [6, 6.07) is 12.3. The van der Waals surface area contributed by atoms with E-state index in [0.717, 1.165) is 5.69 Å². The minimum atomic E-state index is -0.342. The highest BCUT2D eigenvalue weighted by Gasteiger charge is 2.22. The van der Waals surface area contributed by atoms with E-state index in [1.165, 1.54) is 4.90 Å². The molecule has 0 aliphatic heterocycles. The Bertz CT molecular complexity index is 587. The van der Waals surface area contributed by atoms with Crippen molar-refractivity contribution in [3.63, 3.8) is 0 Å². The van der Waals surface area contributed by atoms with Gasteiger partial charge in [-0.15, -0.1) is 0 Å². The molecular formula is C15H15BrN2O2. The third-order valence-electron chi connectivity index (χ3n) is 2.83. The van der Waals surface area contributed by atoms with Gasteiger partial charge in [0, 0.05) is 6.20 Å². The summed E-state index contributed by atoms with van der Waals surface area (Å²) in [6.07, 6.45) is 1.68. The van der Waals surface area contributed by atoms with Gasteiger partial charge in [-0.3, -0.25) is 9.78 Å². The highest BCUT2D eigenvalue weighted by Crippen LogP contribution is 2.28. The van der Waals surface area contributed by atoms with Gasteiger partial charge in [0.05, 0.1) is 22.8 Å². The average Bonchev–Trinajstić information content (AvgIpc) is 2.46. The standard InChI is InChI=1S/C15H15BrN2O2/c1-11(16)15(20)18(10-12-6-4-5-9-17-12)13-7-2-3-8-14(13)19/h2-9,11,19H,10H2,1H3. The fraction of sp³-hybridized carbons (Fsp3) is 0.200. The summed E-state index contributed by atoms with van der Waals surface area (Å²) in [5.74, 6) is -0.0536. The van der Waals surface area contributed by atoms with Crippen molar-refractivity contribution in [1.82, 2.24) is 4.98 Å². The Labute approximate surface area is 126 Å². The maximum Gasteiger partial charge on any atom is 0.240 e. The molecule has 1 unspecified atom stereocenters. The predicted octanol–water partition coefficient (Wildman–Crippen LogP) is 3.10. The highest BCUT2D eigenvalue weighted by molar-refractivity contribution is 9.10. The number of benzene rings is 1. The molecule has 1 amide bonds. The predicted molar refractivity (Wildman–Crippen MR) is 81.9 cm³/mol. The number of para-hydroxylation sites is 2. The topological polar surface area (TPSA) is 53.4 Å². The Hall–Kier alpha value is -1.88. The van der Waals surface area contributed by atoms with Crippen LogP contribution in [0.15, 0.2) is 48.7 Å². The van der Waals surface area contributed by atoms with E-state index in [2.05, 4.69) is 20.9 Å². The molecule has 1 N–H and O–H groups in total. The van der Waals surface area contributed by atoms with Crippen LogP contribution in [0.1, 0.15) is 12.6 Å². The maximum atomic E-state index is 12.3. The summed E-state index contributed by atoms with van der Waals surface area (Å²) in [5, 5.41) is 9.96. The lowest BCUT2D eigenvalue weighted by Crippen LogP contribution is -2.35. The lowest BCUT2D eigenvalue weighted by atomic mass is 10.2. The Morgan fingerprint density at radius 1 is 1.30 bits per heavy atom. The number of pyridine rings is 1. The van der Waals surface area contributed by atoms with Crippen LogP contribution in [0.4, 0.5) is 5.69 Å². The number of halogens is 1. The lowest BCUT2D eigenvalue weighted by molar-refractivity contribution is -0.117. The zero-order valence-corrected chi connectivity index (χ0v) is 12.6. The molecule has 104 valence electrons. The van der Waals surface area contributed by atoms with E-state index < -0.39 is 0 Å². The number of hydrogen-bond donors (Lipinski definition) is 1. The van der Waals surface area contributed by atoms with Crippen LogP contribution < -0.4 is 4.90 Å². The quantitative estimate of drug-likeness (QED) is 0.874. The first kappa shape index (κ1) is 14.5. The van der Waals surface area contributed by atoms with Gasteiger partial charge in [-0.1, -0.05) is 34.1 Å². The number of phenols is 1. The fourth-order valence-corrected chi connectivity index (χ4v) is 2.09. The molecule has 20 heavy (non-hydrogen) atoms. The molecule has 5 heteroatoms. The molecule has 0 radical (unpaired) electrons. The second-order valence-electron chi connectivity index (χ2n) is 4.35. The van der Waals surface area contributed by atoms with E-state index >= 15 is 0 Å². The van der Waals surface area contributed by atoms with Crippen LogP contribution in [0.5, 0.6) is 5.75 Å². The first-order chi connectivity index (χ1) is 9.59. The number of amides is 1. The van der Waals surface area contributed by atoms with Crippen molar-refractivity contribution in [3.05, 3.63) is 54.4 Å². The number of aromatic hydroxyl groups is 1. The molecule has 1 atom stereocenters. The molecule has 1 heterocycles. The van der Waals surface area contributed by atoms with Crippen molar-refractivity contribution in [1.29, 1.82) is 0 Å². The summed E-state index contributed by atoms with van der Waals surface area (Å²) in [5.41, 5.74) is 1.24. The van der Waals surface area contributed by atoms with E-state index in [1.54, 1.807) is 37.4 Å². The first-order valence-corrected chi connectivity index (χ1v) is 7.14. The Morgan fingerprint density at radius 2 is 2.00 bits per heavy atom. The number of nitrogens with zero attached hydrogens (tertiary/aromatic N) is 2. The molecular weight excluding hydrogens is 320 g/mol. The minimum Gasteiger partial charge on any atom is -0.506 e. The average molecular weight is 335 g/mol. The van der Waals surface area contributed by atoms with E-state index in [0.29, 0.717) is 12.2 Å². The number of carbonyl (C=O) groups is 1. The van der Waals surface area contributed by atoms with E-state index in [4.69, 9.17) is 0 Å². The number of aromatic nitrogens is 1. The second kappa shape index (κ2) is 6.52. The maximum absolute atomic E-state index is 12.3. The van der Waals surface area contributed by atoms with Gasteiger partial charge >= 0.3 is 0 Å². The summed E-state index contributed by atoms with van der Waals surface area (Å²) < 4.78 is 0. The summed E-state index contributed by atoms with van der Waals surface area (Å²) in [6.45, 7) is 2.07. The van der Waals surface area contributed by atoms with Crippen molar-refractivity contribution in [3.8, 4) is 5.75 Å². The molecule has 0 saturated heterocycles. The molecule has 1 aromatic heterocycles. The van der Waals surface area contributed by atoms with Crippen molar-refractivity contribution >= 4 is 27.5 Å². The van der Waals surface area contributed by atoms with Gasteiger partial charge in [-0.05, 0) is 31.2 Å². The Balaban J connectivity index is 2.35. The lowest BCUT2D eigenvalue weighted by Gasteiger charge is -2.24. The molecule has 0 bridgehead atoms. The summed E-state index contributed by atoms with van der Waals surface area (Å²) in [7, 11) is 0.